The SMILES string of the molecule is CN(C)Cc1nccn1-c1ccc(C(=O)NC2CCCC2C(N)=O)cc1. The summed E-state index contributed by atoms with van der Waals surface area (Å²) in [5.41, 5.74) is 6.94. The number of amides is 2. The van der Waals surface area contributed by atoms with Gasteiger partial charge in [-0.05, 0) is 51.2 Å². The van der Waals surface area contributed by atoms with Gasteiger partial charge in [-0.15, -0.1) is 0 Å². The summed E-state index contributed by atoms with van der Waals surface area (Å²) >= 11 is 0. The summed E-state index contributed by atoms with van der Waals surface area (Å²) in [6.45, 7) is 0.728. The molecule has 2 amide bonds. The van der Waals surface area contributed by atoms with Crippen LogP contribution >= 0.6 is 0 Å². The number of nitrogens with two attached hydrogens (primary N) is 1. The molecule has 1 aliphatic rings. The highest BCUT2D eigenvalue weighted by atomic mass is 16.2. The number of benzene rings is 1. The van der Waals surface area contributed by atoms with Gasteiger partial charge in [0.15, 0.2) is 0 Å². The Morgan fingerprint density at radius 1 is 1.27 bits per heavy atom. The van der Waals surface area contributed by atoms with Gasteiger partial charge in [-0.25, -0.2) is 4.98 Å². The summed E-state index contributed by atoms with van der Waals surface area (Å²) in [4.78, 5) is 30.4. The number of carbonyl (C=O) groups excluding carboxylic acids is 2. The van der Waals surface area contributed by atoms with E-state index in [9.17, 15) is 9.59 Å². The van der Waals surface area contributed by atoms with Gasteiger partial charge in [0.1, 0.15) is 5.82 Å². The normalized spacial score (nSPS) is 19.7. The number of primary amides is 1. The Bertz CT molecular complexity index is 781. The van der Waals surface area contributed by atoms with Gasteiger partial charge in [0, 0.05) is 29.7 Å². The maximum absolute atomic E-state index is 12.5. The summed E-state index contributed by atoms with van der Waals surface area (Å²) < 4.78 is 2.00. The van der Waals surface area contributed by atoms with Crippen LogP contribution in [0.15, 0.2) is 36.7 Å². The third-order valence-corrected chi connectivity index (χ3v) is 4.78. The third kappa shape index (κ3) is 3.94. The van der Waals surface area contributed by atoms with E-state index < -0.39 is 0 Å². The maximum Gasteiger partial charge on any atom is 0.251 e. The number of aromatic nitrogens is 2. The van der Waals surface area contributed by atoms with Crippen molar-refractivity contribution in [1.29, 1.82) is 0 Å². The minimum atomic E-state index is -0.336. The number of nitrogens with zero attached hydrogens (tertiary/aromatic N) is 3. The van der Waals surface area contributed by atoms with Crippen LogP contribution in [0.5, 0.6) is 0 Å². The Morgan fingerprint density at radius 3 is 2.65 bits per heavy atom. The van der Waals surface area contributed by atoms with E-state index in [1.807, 2.05) is 37.0 Å². The van der Waals surface area contributed by atoms with Crippen LogP contribution in [-0.2, 0) is 11.3 Å². The Kier molecular flexibility index (Phi) is 5.37. The minimum Gasteiger partial charge on any atom is -0.369 e. The highest BCUT2D eigenvalue weighted by Crippen LogP contribution is 2.25. The number of carbonyl (C=O) groups is 2. The fourth-order valence-corrected chi connectivity index (χ4v) is 3.47. The molecule has 0 bridgehead atoms. The molecule has 0 saturated heterocycles. The van der Waals surface area contributed by atoms with Gasteiger partial charge in [-0.2, -0.15) is 0 Å². The van der Waals surface area contributed by atoms with Crippen molar-refractivity contribution in [2.24, 2.45) is 11.7 Å². The van der Waals surface area contributed by atoms with Crippen LogP contribution in [0, 0.1) is 5.92 Å². The lowest BCUT2D eigenvalue weighted by Crippen LogP contribution is -2.42. The predicted molar refractivity (Wildman–Crippen MR) is 98.7 cm³/mol. The smallest absolute Gasteiger partial charge is 0.251 e. The van der Waals surface area contributed by atoms with Crippen LogP contribution in [0.3, 0.4) is 0 Å². The summed E-state index contributed by atoms with van der Waals surface area (Å²) in [5, 5.41) is 2.95. The molecule has 1 aromatic carbocycles. The molecule has 3 N–H and O–H groups in total. The first-order valence-corrected chi connectivity index (χ1v) is 8.83. The standard InChI is InChI=1S/C19H25N5O2/c1-23(2)12-17-21-10-11-24(17)14-8-6-13(7-9-14)19(26)22-16-5-3-4-15(16)18(20)25/h6-11,15-16H,3-5,12H2,1-2H3,(H2,20,25)(H,22,26). The fraction of sp³-hybridized carbons (Fsp3) is 0.421. The first kappa shape index (κ1) is 18.1. The monoisotopic (exact) mass is 355 g/mol. The number of rotatable bonds is 6. The van der Waals surface area contributed by atoms with Crippen LogP contribution in [0.4, 0.5) is 0 Å². The van der Waals surface area contributed by atoms with E-state index in [2.05, 4.69) is 15.2 Å². The molecular weight excluding hydrogens is 330 g/mol. The molecule has 7 nitrogen and oxygen atoms in total. The van der Waals surface area contributed by atoms with Crippen molar-refractivity contribution in [1.82, 2.24) is 19.8 Å². The highest BCUT2D eigenvalue weighted by Gasteiger charge is 2.32. The van der Waals surface area contributed by atoms with E-state index in [0.717, 1.165) is 37.3 Å². The molecular formula is C19H25N5O2. The second-order valence-corrected chi connectivity index (χ2v) is 7.02. The lowest BCUT2D eigenvalue weighted by Gasteiger charge is -2.18. The Balaban J connectivity index is 1.71. The van der Waals surface area contributed by atoms with Gasteiger partial charge in [-0.1, -0.05) is 6.42 Å². The van der Waals surface area contributed by atoms with Gasteiger partial charge in [0.2, 0.25) is 5.91 Å². The van der Waals surface area contributed by atoms with Gasteiger partial charge in [-0.3, -0.25) is 9.59 Å². The quantitative estimate of drug-likeness (QED) is 0.817. The predicted octanol–water partition coefficient (Wildman–Crippen LogP) is 1.32. The van der Waals surface area contributed by atoms with Crippen LogP contribution in [0.2, 0.25) is 0 Å². The molecule has 1 fully saturated rings. The highest BCUT2D eigenvalue weighted by molar-refractivity contribution is 5.95. The zero-order chi connectivity index (χ0) is 18.7. The summed E-state index contributed by atoms with van der Waals surface area (Å²) in [6.07, 6.45) is 6.12. The molecule has 1 aromatic heterocycles. The van der Waals surface area contributed by atoms with Gasteiger partial charge in [0.25, 0.3) is 5.91 Å². The van der Waals surface area contributed by atoms with Crippen molar-refractivity contribution >= 4 is 11.8 Å². The van der Waals surface area contributed by atoms with Gasteiger partial charge < -0.3 is 20.5 Å². The lowest BCUT2D eigenvalue weighted by atomic mass is 10.0. The van der Waals surface area contributed by atoms with Crippen LogP contribution in [0.1, 0.15) is 35.4 Å². The summed E-state index contributed by atoms with van der Waals surface area (Å²) in [7, 11) is 3.99. The fourth-order valence-electron chi connectivity index (χ4n) is 3.47. The first-order valence-electron chi connectivity index (χ1n) is 8.83. The van der Waals surface area contributed by atoms with Crippen molar-refractivity contribution in [3.8, 4) is 5.69 Å². The van der Waals surface area contributed by atoms with Crippen LogP contribution in [0.25, 0.3) is 5.69 Å². The second-order valence-electron chi connectivity index (χ2n) is 7.02. The van der Waals surface area contributed by atoms with Crippen molar-refractivity contribution in [3.63, 3.8) is 0 Å². The van der Waals surface area contributed by atoms with Crippen molar-refractivity contribution in [2.75, 3.05) is 14.1 Å². The third-order valence-electron chi connectivity index (χ3n) is 4.78. The van der Waals surface area contributed by atoms with E-state index >= 15 is 0 Å². The number of hydrogen-bond donors (Lipinski definition) is 2. The molecule has 2 aromatic rings. The Hall–Kier alpha value is -2.67. The van der Waals surface area contributed by atoms with Crippen molar-refractivity contribution in [2.45, 2.75) is 31.8 Å². The molecule has 0 radical (unpaired) electrons. The average molecular weight is 355 g/mol. The van der Waals surface area contributed by atoms with E-state index in [1.54, 1.807) is 18.3 Å². The van der Waals surface area contributed by atoms with Crippen LogP contribution in [-0.4, -0.2) is 46.4 Å². The lowest BCUT2D eigenvalue weighted by molar-refractivity contribution is -0.122. The molecule has 3 rings (SSSR count). The topological polar surface area (TPSA) is 93.2 Å². The molecule has 1 heterocycles. The van der Waals surface area contributed by atoms with E-state index in [-0.39, 0.29) is 23.8 Å². The Labute approximate surface area is 153 Å². The first-order chi connectivity index (χ1) is 12.5. The molecule has 1 saturated carbocycles. The molecule has 0 spiro atoms. The molecule has 138 valence electrons. The van der Waals surface area contributed by atoms with Crippen molar-refractivity contribution < 1.29 is 9.59 Å². The molecule has 2 atom stereocenters. The molecule has 0 aliphatic heterocycles. The largest absolute Gasteiger partial charge is 0.369 e. The average Bonchev–Trinajstić information content (AvgIpc) is 3.24. The molecule has 7 heteroatoms. The zero-order valence-electron chi connectivity index (χ0n) is 15.2. The van der Waals surface area contributed by atoms with E-state index in [1.165, 1.54) is 0 Å². The van der Waals surface area contributed by atoms with Gasteiger partial charge in [0.05, 0.1) is 12.5 Å². The van der Waals surface area contributed by atoms with Crippen LogP contribution < -0.4 is 11.1 Å². The number of imidazole rings is 1. The molecule has 1 aliphatic carbocycles. The van der Waals surface area contributed by atoms with E-state index in [0.29, 0.717) is 5.56 Å². The zero-order valence-corrected chi connectivity index (χ0v) is 15.2. The number of hydrogen-bond acceptors (Lipinski definition) is 4. The van der Waals surface area contributed by atoms with Crippen molar-refractivity contribution in [3.05, 3.63) is 48.0 Å². The minimum absolute atomic E-state index is 0.167. The number of nitrogens with one attached hydrogen (secondary N) is 1. The second kappa shape index (κ2) is 7.70. The summed E-state index contributed by atoms with van der Waals surface area (Å²) in [6, 6.07) is 7.21. The molecule has 2 unspecified atom stereocenters. The van der Waals surface area contributed by atoms with E-state index in [4.69, 9.17) is 5.73 Å². The maximum atomic E-state index is 12.5. The Morgan fingerprint density at radius 2 is 2.00 bits per heavy atom. The summed E-state index contributed by atoms with van der Waals surface area (Å²) in [5.74, 6) is 0.158. The molecule has 26 heavy (non-hydrogen) atoms. The van der Waals surface area contributed by atoms with Gasteiger partial charge >= 0.3 is 0 Å².